The molecule has 0 aliphatic carbocycles. The topological polar surface area (TPSA) is 58.1 Å². The summed E-state index contributed by atoms with van der Waals surface area (Å²) >= 11 is 0. The number of benzene rings is 2. The summed E-state index contributed by atoms with van der Waals surface area (Å²) in [6.07, 6.45) is 3.70. The van der Waals surface area contributed by atoms with Gasteiger partial charge in [-0.25, -0.2) is 9.97 Å². The fraction of sp³-hybridized carbons (Fsp3) is 0.286. The van der Waals surface area contributed by atoms with E-state index in [4.69, 9.17) is 0 Å². The zero-order chi connectivity index (χ0) is 17.9. The van der Waals surface area contributed by atoms with E-state index in [0.29, 0.717) is 5.92 Å². The number of rotatable bonds is 4. The smallest absolute Gasteiger partial charge is 0.253 e. The zero-order valence-electron chi connectivity index (χ0n) is 14.9. The number of carbonyl (C=O) groups is 1. The van der Waals surface area contributed by atoms with Crippen molar-refractivity contribution in [2.24, 2.45) is 5.92 Å². The van der Waals surface area contributed by atoms with E-state index >= 15 is 0 Å². The minimum atomic E-state index is 0.106. The van der Waals surface area contributed by atoms with Crippen LogP contribution >= 0.6 is 0 Å². The predicted molar refractivity (Wildman–Crippen MR) is 103 cm³/mol. The molecule has 2 aromatic carbocycles. The molecule has 1 aliphatic rings. The van der Waals surface area contributed by atoms with Gasteiger partial charge in [-0.1, -0.05) is 18.2 Å². The van der Waals surface area contributed by atoms with E-state index in [9.17, 15) is 4.79 Å². The van der Waals surface area contributed by atoms with E-state index in [1.807, 2.05) is 66.7 Å². The van der Waals surface area contributed by atoms with Crippen molar-refractivity contribution in [3.8, 4) is 0 Å². The Kier molecular flexibility index (Phi) is 4.52. The molecule has 1 atom stereocenters. The third kappa shape index (κ3) is 3.38. The zero-order valence-corrected chi connectivity index (χ0v) is 14.9. The molecule has 1 saturated heterocycles. The summed E-state index contributed by atoms with van der Waals surface area (Å²) < 4.78 is 0. The molecule has 1 N–H and O–H groups in total. The van der Waals surface area contributed by atoms with Crippen molar-refractivity contribution in [2.45, 2.75) is 12.8 Å². The summed E-state index contributed by atoms with van der Waals surface area (Å²) in [5.41, 5.74) is 2.73. The Morgan fingerprint density at radius 1 is 1.19 bits per heavy atom. The van der Waals surface area contributed by atoms with Gasteiger partial charge in [-0.3, -0.25) is 4.79 Å². The number of anilines is 1. The molecule has 0 unspecified atom stereocenters. The molecule has 2 heterocycles. The Hall–Kier alpha value is -2.95. The third-order valence-electron chi connectivity index (χ3n) is 5.00. The summed E-state index contributed by atoms with van der Waals surface area (Å²) in [5, 5.41) is 4.13. The van der Waals surface area contributed by atoms with Gasteiger partial charge in [0.15, 0.2) is 0 Å². The third-order valence-corrected chi connectivity index (χ3v) is 5.00. The van der Waals surface area contributed by atoms with Crippen LogP contribution in [0.1, 0.15) is 22.6 Å². The molecular weight excluding hydrogens is 324 g/mol. The molecular formula is C21H22N4O. The fourth-order valence-corrected chi connectivity index (χ4v) is 3.51. The Labute approximate surface area is 153 Å². The van der Waals surface area contributed by atoms with Gasteiger partial charge in [0.05, 0.1) is 5.52 Å². The molecule has 0 spiro atoms. The maximum Gasteiger partial charge on any atom is 0.253 e. The molecule has 0 radical (unpaired) electrons. The van der Waals surface area contributed by atoms with Crippen LogP contribution in [0.15, 0.2) is 54.7 Å². The summed E-state index contributed by atoms with van der Waals surface area (Å²) in [5.74, 6) is 1.38. The van der Waals surface area contributed by atoms with Gasteiger partial charge in [0.25, 0.3) is 5.91 Å². The lowest BCUT2D eigenvalue weighted by atomic mass is 10.0. The van der Waals surface area contributed by atoms with Crippen molar-refractivity contribution in [1.82, 2.24) is 14.9 Å². The molecule has 0 bridgehead atoms. The van der Waals surface area contributed by atoms with Gasteiger partial charge in [-0.15, -0.1) is 0 Å². The van der Waals surface area contributed by atoms with Gasteiger partial charge in [0.2, 0.25) is 0 Å². The highest BCUT2D eigenvalue weighted by Gasteiger charge is 2.27. The van der Waals surface area contributed by atoms with Crippen LogP contribution in [0.3, 0.4) is 0 Å². The maximum absolute atomic E-state index is 12.7. The van der Waals surface area contributed by atoms with Gasteiger partial charge < -0.3 is 10.2 Å². The minimum absolute atomic E-state index is 0.106. The lowest BCUT2D eigenvalue weighted by Crippen LogP contribution is -2.29. The Balaban J connectivity index is 1.41. The predicted octanol–water partition coefficient (Wildman–Crippen LogP) is 3.38. The molecule has 26 heavy (non-hydrogen) atoms. The first-order chi connectivity index (χ1) is 12.7. The average molecular weight is 346 g/mol. The first kappa shape index (κ1) is 16.5. The van der Waals surface area contributed by atoms with Crippen LogP contribution < -0.4 is 5.32 Å². The van der Waals surface area contributed by atoms with Crippen LogP contribution in [0.25, 0.3) is 10.9 Å². The van der Waals surface area contributed by atoms with E-state index in [1.54, 1.807) is 0 Å². The molecule has 1 aliphatic heterocycles. The quantitative estimate of drug-likeness (QED) is 0.787. The normalized spacial score (nSPS) is 16.8. The van der Waals surface area contributed by atoms with Crippen molar-refractivity contribution in [3.05, 3.63) is 66.1 Å². The number of fused-ring (bicyclic) bond motifs is 1. The van der Waals surface area contributed by atoms with Gasteiger partial charge in [-0.05, 0) is 42.7 Å². The number of hydrogen-bond acceptors (Lipinski definition) is 4. The molecule has 3 aromatic rings. The molecule has 1 aromatic heterocycles. The average Bonchev–Trinajstić information content (AvgIpc) is 3.16. The van der Waals surface area contributed by atoms with Crippen molar-refractivity contribution in [2.75, 3.05) is 25.5 Å². The fourth-order valence-electron chi connectivity index (χ4n) is 3.51. The molecule has 1 amide bonds. The Morgan fingerprint density at radius 2 is 2.00 bits per heavy atom. The summed E-state index contributed by atoms with van der Waals surface area (Å²) in [6.45, 7) is 1.56. The summed E-state index contributed by atoms with van der Waals surface area (Å²) in [4.78, 5) is 23.8. The molecule has 0 saturated carbocycles. The number of amides is 1. The van der Waals surface area contributed by atoms with Crippen LogP contribution in [0.5, 0.6) is 0 Å². The number of hydrogen-bond donors (Lipinski definition) is 1. The Morgan fingerprint density at radius 3 is 2.81 bits per heavy atom. The van der Waals surface area contributed by atoms with E-state index in [1.165, 1.54) is 0 Å². The highest BCUT2D eigenvalue weighted by atomic mass is 16.2. The highest BCUT2D eigenvalue weighted by Crippen LogP contribution is 2.22. The molecule has 4 rings (SSSR count). The second kappa shape index (κ2) is 7.12. The number of nitrogens with zero attached hydrogens (tertiary/aromatic N) is 3. The first-order valence-electron chi connectivity index (χ1n) is 9.00. The van der Waals surface area contributed by atoms with E-state index in [-0.39, 0.29) is 5.91 Å². The number of nitrogens with one attached hydrogen (secondary N) is 1. The van der Waals surface area contributed by atoms with Crippen LogP contribution in [0.2, 0.25) is 0 Å². The van der Waals surface area contributed by atoms with Gasteiger partial charge in [0, 0.05) is 49.4 Å². The SMILES string of the molecule is CNc1ccc(C(=O)N2CC[C@@H](Cc3ncc4ccccc4n3)C2)cc1. The van der Waals surface area contributed by atoms with Crippen molar-refractivity contribution in [3.63, 3.8) is 0 Å². The molecule has 5 heteroatoms. The van der Waals surface area contributed by atoms with Crippen molar-refractivity contribution < 1.29 is 4.79 Å². The molecule has 1 fully saturated rings. The van der Waals surface area contributed by atoms with Crippen molar-refractivity contribution >= 4 is 22.5 Å². The van der Waals surface area contributed by atoms with Gasteiger partial charge >= 0.3 is 0 Å². The largest absolute Gasteiger partial charge is 0.388 e. The summed E-state index contributed by atoms with van der Waals surface area (Å²) in [7, 11) is 1.87. The van der Waals surface area contributed by atoms with Crippen LogP contribution in [-0.2, 0) is 6.42 Å². The lowest BCUT2D eigenvalue weighted by Gasteiger charge is -2.17. The highest BCUT2D eigenvalue weighted by molar-refractivity contribution is 5.94. The second-order valence-corrected chi connectivity index (χ2v) is 6.78. The van der Waals surface area contributed by atoms with Gasteiger partial charge in [-0.2, -0.15) is 0 Å². The van der Waals surface area contributed by atoms with Crippen LogP contribution in [0, 0.1) is 5.92 Å². The lowest BCUT2D eigenvalue weighted by molar-refractivity contribution is 0.0787. The second-order valence-electron chi connectivity index (χ2n) is 6.78. The first-order valence-corrected chi connectivity index (χ1v) is 9.00. The van der Waals surface area contributed by atoms with Crippen molar-refractivity contribution in [1.29, 1.82) is 0 Å². The standard InChI is InChI=1S/C21H22N4O/c1-22-18-8-6-16(7-9-18)21(26)25-11-10-15(14-25)12-20-23-13-17-4-2-3-5-19(17)24-20/h2-9,13,15,22H,10-12,14H2,1H3/t15-/m0/s1. The number of aromatic nitrogens is 2. The summed E-state index contributed by atoms with van der Waals surface area (Å²) in [6, 6.07) is 15.7. The molecule has 5 nitrogen and oxygen atoms in total. The number of likely N-dealkylation sites (tertiary alicyclic amines) is 1. The van der Waals surface area contributed by atoms with E-state index < -0.39 is 0 Å². The van der Waals surface area contributed by atoms with Gasteiger partial charge in [0.1, 0.15) is 5.82 Å². The van der Waals surface area contributed by atoms with E-state index in [2.05, 4.69) is 15.3 Å². The maximum atomic E-state index is 12.7. The van der Waals surface area contributed by atoms with Crippen LogP contribution in [-0.4, -0.2) is 40.9 Å². The van der Waals surface area contributed by atoms with E-state index in [0.717, 1.165) is 53.9 Å². The number of carbonyl (C=O) groups excluding carboxylic acids is 1. The minimum Gasteiger partial charge on any atom is -0.388 e. The van der Waals surface area contributed by atoms with Crippen LogP contribution in [0.4, 0.5) is 5.69 Å². The number of para-hydroxylation sites is 1. The monoisotopic (exact) mass is 346 g/mol. The molecule has 132 valence electrons. The Bertz CT molecular complexity index is 923.